The maximum Gasteiger partial charge on any atom is 0.263 e. The van der Waals surface area contributed by atoms with E-state index >= 15 is 0 Å². The van der Waals surface area contributed by atoms with Crippen molar-refractivity contribution in [1.29, 1.82) is 0 Å². The molecule has 1 aromatic carbocycles. The van der Waals surface area contributed by atoms with E-state index in [0.29, 0.717) is 13.0 Å². The molecule has 1 amide bonds. The minimum atomic E-state index is -0.426. The molecule has 0 aliphatic carbocycles. The van der Waals surface area contributed by atoms with E-state index in [1.165, 1.54) is 0 Å². The van der Waals surface area contributed by atoms with Gasteiger partial charge < -0.3 is 9.30 Å². The van der Waals surface area contributed by atoms with Crippen LogP contribution in [0.2, 0.25) is 0 Å². The van der Waals surface area contributed by atoms with E-state index in [1.54, 1.807) is 0 Å². The number of rotatable bonds is 3. The fourth-order valence-corrected chi connectivity index (χ4v) is 2.50. The molecule has 1 aliphatic heterocycles. The Morgan fingerprint density at radius 1 is 1.47 bits per heavy atom. The van der Waals surface area contributed by atoms with E-state index in [-0.39, 0.29) is 12.0 Å². The van der Waals surface area contributed by atoms with Crippen molar-refractivity contribution in [3.63, 3.8) is 0 Å². The molecule has 2 unspecified atom stereocenters. The van der Waals surface area contributed by atoms with Gasteiger partial charge in [0.05, 0.1) is 30.0 Å². The summed E-state index contributed by atoms with van der Waals surface area (Å²) in [5, 5.41) is 0. The topological polar surface area (TPSA) is 82.2 Å². The molecule has 6 heteroatoms. The molecular formula is C13H16N4O2. The van der Waals surface area contributed by atoms with Gasteiger partial charge in [-0.15, -0.1) is 0 Å². The van der Waals surface area contributed by atoms with Crippen molar-refractivity contribution in [2.75, 3.05) is 0 Å². The third-order valence-electron chi connectivity index (χ3n) is 3.47. The van der Waals surface area contributed by atoms with Gasteiger partial charge in [0, 0.05) is 0 Å². The van der Waals surface area contributed by atoms with Crippen molar-refractivity contribution in [3.8, 4) is 0 Å². The molecular weight excluding hydrogens is 244 g/mol. The number of aromatic nitrogens is 2. The standard InChI is InChI=1S/C13H16N4O2/c14-16-13(18)12-6-5-9(19-12)7-17-8-15-10-3-1-2-4-11(10)17/h1-4,8-9,12H,5-7,14H2,(H,16,18). The van der Waals surface area contributed by atoms with Gasteiger partial charge in [-0.05, 0) is 25.0 Å². The number of nitrogens with two attached hydrogens (primary N) is 1. The fraction of sp³-hybridized carbons (Fsp3) is 0.385. The number of para-hydroxylation sites is 2. The average molecular weight is 260 g/mol. The normalized spacial score (nSPS) is 22.8. The quantitative estimate of drug-likeness (QED) is 0.480. The van der Waals surface area contributed by atoms with Crippen molar-refractivity contribution in [1.82, 2.24) is 15.0 Å². The monoisotopic (exact) mass is 260 g/mol. The summed E-state index contributed by atoms with van der Waals surface area (Å²) in [5.41, 5.74) is 4.18. The van der Waals surface area contributed by atoms with Gasteiger partial charge in [0.1, 0.15) is 6.10 Å². The highest BCUT2D eigenvalue weighted by molar-refractivity contribution is 5.80. The van der Waals surface area contributed by atoms with Gasteiger partial charge in [-0.1, -0.05) is 12.1 Å². The highest BCUT2D eigenvalue weighted by Gasteiger charge is 2.30. The van der Waals surface area contributed by atoms with E-state index < -0.39 is 6.10 Å². The summed E-state index contributed by atoms with van der Waals surface area (Å²) in [5.74, 6) is 4.86. The summed E-state index contributed by atoms with van der Waals surface area (Å²) in [4.78, 5) is 15.7. The Labute approximate surface area is 110 Å². The lowest BCUT2D eigenvalue weighted by molar-refractivity contribution is -0.132. The molecule has 0 saturated carbocycles. The minimum absolute atomic E-state index is 0.0277. The largest absolute Gasteiger partial charge is 0.363 e. The number of hydrogen-bond acceptors (Lipinski definition) is 4. The molecule has 3 rings (SSSR count). The van der Waals surface area contributed by atoms with Crippen LogP contribution in [0.25, 0.3) is 11.0 Å². The molecule has 19 heavy (non-hydrogen) atoms. The Bertz CT molecular complexity index is 595. The SMILES string of the molecule is NNC(=O)C1CCC(Cn2cnc3ccccc32)O1. The first-order chi connectivity index (χ1) is 9.28. The van der Waals surface area contributed by atoms with Gasteiger partial charge in [0.25, 0.3) is 5.91 Å². The van der Waals surface area contributed by atoms with Crippen LogP contribution >= 0.6 is 0 Å². The van der Waals surface area contributed by atoms with Crippen LogP contribution in [0.4, 0.5) is 0 Å². The highest BCUT2D eigenvalue weighted by atomic mass is 16.5. The Kier molecular flexibility index (Phi) is 3.18. The van der Waals surface area contributed by atoms with Crippen molar-refractivity contribution in [3.05, 3.63) is 30.6 Å². The van der Waals surface area contributed by atoms with Crippen molar-refractivity contribution < 1.29 is 9.53 Å². The van der Waals surface area contributed by atoms with Crippen LogP contribution in [0.5, 0.6) is 0 Å². The van der Waals surface area contributed by atoms with Crippen LogP contribution in [0.1, 0.15) is 12.8 Å². The first-order valence-electron chi connectivity index (χ1n) is 6.33. The summed E-state index contributed by atoms with van der Waals surface area (Å²) in [7, 11) is 0. The van der Waals surface area contributed by atoms with Crippen LogP contribution in [0.15, 0.2) is 30.6 Å². The zero-order valence-corrected chi connectivity index (χ0v) is 10.5. The second-order valence-electron chi connectivity index (χ2n) is 4.72. The van der Waals surface area contributed by atoms with Crippen LogP contribution in [-0.4, -0.2) is 27.7 Å². The van der Waals surface area contributed by atoms with Crippen molar-refractivity contribution in [2.45, 2.75) is 31.6 Å². The second-order valence-corrected chi connectivity index (χ2v) is 4.72. The number of nitrogens with one attached hydrogen (secondary N) is 1. The number of nitrogens with zero attached hydrogens (tertiary/aromatic N) is 2. The van der Waals surface area contributed by atoms with Gasteiger partial charge in [-0.25, -0.2) is 10.8 Å². The van der Waals surface area contributed by atoms with Gasteiger partial charge in [-0.3, -0.25) is 10.2 Å². The van der Waals surface area contributed by atoms with Crippen LogP contribution in [-0.2, 0) is 16.1 Å². The lowest BCUT2D eigenvalue weighted by Crippen LogP contribution is -2.39. The first kappa shape index (κ1) is 12.1. The molecule has 6 nitrogen and oxygen atoms in total. The third-order valence-corrected chi connectivity index (χ3v) is 3.47. The lowest BCUT2D eigenvalue weighted by atomic mass is 10.2. The first-order valence-corrected chi connectivity index (χ1v) is 6.33. The summed E-state index contributed by atoms with van der Waals surface area (Å²) < 4.78 is 7.75. The summed E-state index contributed by atoms with van der Waals surface area (Å²) in [6, 6.07) is 7.96. The molecule has 1 saturated heterocycles. The molecule has 3 N–H and O–H groups in total. The van der Waals surface area contributed by atoms with Crippen LogP contribution in [0.3, 0.4) is 0 Å². The Morgan fingerprint density at radius 3 is 3.16 bits per heavy atom. The minimum Gasteiger partial charge on any atom is -0.363 e. The van der Waals surface area contributed by atoms with Crippen molar-refractivity contribution >= 4 is 16.9 Å². The van der Waals surface area contributed by atoms with Gasteiger partial charge in [0.15, 0.2) is 0 Å². The molecule has 2 heterocycles. The number of benzene rings is 1. The molecule has 1 aliphatic rings. The number of hydrogen-bond donors (Lipinski definition) is 2. The van der Waals surface area contributed by atoms with E-state index in [1.807, 2.05) is 30.6 Å². The molecule has 1 aromatic heterocycles. The zero-order chi connectivity index (χ0) is 13.2. The molecule has 0 spiro atoms. The fourth-order valence-electron chi connectivity index (χ4n) is 2.50. The van der Waals surface area contributed by atoms with E-state index in [2.05, 4.69) is 15.0 Å². The maximum absolute atomic E-state index is 11.4. The summed E-state index contributed by atoms with van der Waals surface area (Å²) >= 11 is 0. The molecule has 0 bridgehead atoms. The number of carbonyl (C=O) groups is 1. The predicted molar refractivity (Wildman–Crippen MR) is 70.0 cm³/mol. The number of imidazole rings is 1. The van der Waals surface area contributed by atoms with Gasteiger partial charge in [0.2, 0.25) is 0 Å². The van der Waals surface area contributed by atoms with Crippen LogP contribution < -0.4 is 11.3 Å². The van der Waals surface area contributed by atoms with Crippen LogP contribution in [0, 0.1) is 0 Å². The van der Waals surface area contributed by atoms with E-state index in [9.17, 15) is 4.79 Å². The Hall–Kier alpha value is -1.92. The maximum atomic E-state index is 11.4. The summed E-state index contributed by atoms with van der Waals surface area (Å²) in [6.45, 7) is 0.703. The molecule has 100 valence electrons. The number of ether oxygens (including phenoxy) is 1. The summed E-state index contributed by atoms with van der Waals surface area (Å²) in [6.07, 6.45) is 2.97. The number of hydrazine groups is 1. The lowest BCUT2D eigenvalue weighted by Gasteiger charge is -2.13. The van der Waals surface area contributed by atoms with Gasteiger partial charge in [-0.2, -0.15) is 0 Å². The van der Waals surface area contributed by atoms with E-state index in [0.717, 1.165) is 17.5 Å². The Balaban J connectivity index is 1.71. The predicted octanol–water partition coefficient (Wildman–Crippen LogP) is 0.574. The molecule has 2 atom stereocenters. The highest BCUT2D eigenvalue weighted by Crippen LogP contribution is 2.22. The molecule has 0 radical (unpaired) electrons. The number of amides is 1. The zero-order valence-electron chi connectivity index (χ0n) is 10.5. The molecule has 2 aromatic rings. The van der Waals surface area contributed by atoms with E-state index in [4.69, 9.17) is 10.6 Å². The average Bonchev–Trinajstić information content (AvgIpc) is 3.06. The second kappa shape index (κ2) is 4.99. The number of fused-ring (bicyclic) bond motifs is 1. The number of carbonyl (C=O) groups excluding carboxylic acids is 1. The smallest absolute Gasteiger partial charge is 0.263 e. The molecule has 1 fully saturated rings. The van der Waals surface area contributed by atoms with Crippen molar-refractivity contribution in [2.24, 2.45) is 5.84 Å². The third kappa shape index (κ3) is 2.32. The Morgan fingerprint density at radius 2 is 2.32 bits per heavy atom. The van der Waals surface area contributed by atoms with Gasteiger partial charge >= 0.3 is 0 Å².